The van der Waals surface area contributed by atoms with Gasteiger partial charge in [-0.15, -0.1) is 0 Å². The summed E-state index contributed by atoms with van der Waals surface area (Å²) in [5, 5.41) is 0. The van der Waals surface area contributed by atoms with E-state index in [0.29, 0.717) is 18.7 Å². The smallest absolute Gasteiger partial charge is 0.350 e. The Morgan fingerprint density at radius 1 is 0.931 bits per heavy atom. The number of rotatable bonds is 3. The van der Waals surface area contributed by atoms with Crippen molar-refractivity contribution in [2.45, 2.75) is 31.7 Å². The molecular formula is C22H19F5N2. The first-order valence-electron chi connectivity index (χ1n) is 9.33. The van der Waals surface area contributed by atoms with E-state index in [0.717, 1.165) is 42.4 Å². The summed E-state index contributed by atoms with van der Waals surface area (Å²) in [5.41, 5.74) is 0.758. The molecule has 3 aromatic rings. The lowest BCUT2D eigenvalue weighted by Gasteiger charge is -2.31. The maximum atomic E-state index is 14.3. The molecule has 0 aliphatic carbocycles. The fourth-order valence-electron chi connectivity index (χ4n) is 3.96. The molecule has 0 spiro atoms. The minimum absolute atomic E-state index is 0.0929. The Bertz CT molecular complexity index is 1010. The zero-order valence-corrected chi connectivity index (χ0v) is 15.5. The van der Waals surface area contributed by atoms with Crippen LogP contribution >= 0.6 is 0 Å². The third-order valence-corrected chi connectivity index (χ3v) is 5.27. The number of alkyl halides is 3. The predicted molar refractivity (Wildman–Crippen MR) is 99.1 cm³/mol. The second-order valence-electron chi connectivity index (χ2n) is 7.21. The number of benzene rings is 2. The molecule has 1 atom stereocenters. The molecule has 0 saturated carbocycles. The summed E-state index contributed by atoms with van der Waals surface area (Å²) >= 11 is 0. The number of hydrogen-bond donors (Lipinski definition) is 0. The van der Waals surface area contributed by atoms with Crippen molar-refractivity contribution in [2.24, 2.45) is 0 Å². The summed E-state index contributed by atoms with van der Waals surface area (Å²) in [6.45, 7) is 1.34. The Hall–Kier alpha value is -2.67. The molecule has 0 fully saturated rings. The first kappa shape index (κ1) is 19.6. The van der Waals surface area contributed by atoms with Crippen LogP contribution < -0.4 is 0 Å². The molecule has 7 heteroatoms. The normalized spacial score (nSPS) is 17.8. The maximum absolute atomic E-state index is 14.3. The van der Waals surface area contributed by atoms with Gasteiger partial charge in [0.05, 0.1) is 11.6 Å². The molecule has 1 unspecified atom stereocenters. The molecule has 0 saturated heterocycles. The van der Waals surface area contributed by atoms with Crippen LogP contribution in [0.3, 0.4) is 0 Å². The number of fused-ring (bicyclic) bond motifs is 1. The van der Waals surface area contributed by atoms with E-state index < -0.39 is 29.4 Å². The predicted octanol–water partition coefficient (Wildman–Crippen LogP) is 5.78. The highest BCUT2D eigenvalue weighted by Gasteiger charge is 2.33. The van der Waals surface area contributed by atoms with Crippen LogP contribution in [0.2, 0.25) is 0 Å². The van der Waals surface area contributed by atoms with Crippen LogP contribution in [-0.2, 0) is 19.3 Å². The van der Waals surface area contributed by atoms with Gasteiger partial charge in [0.25, 0.3) is 0 Å². The zero-order chi connectivity index (χ0) is 20.6. The van der Waals surface area contributed by atoms with Gasteiger partial charge in [-0.05, 0) is 54.4 Å². The van der Waals surface area contributed by atoms with Crippen LogP contribution in [-0.4, -0.2) is 16.0 Å². The van der Waals surface area contributed by atoms with E-state index in [1.165, 1.54) is 6.07 Å². The van der Waals surface area contributed by atoms with Crippen LogP contribution in [0.4, 0.5) is 22.0 Å². The summed E-state index contributed by atoms with van der Waals surface area (Å²) in [6.07, 6.45) is -1.82. The van der Waals surface area contributed by atoms with E-state index in [-0.39, 0.29) is 12.1 Å². The third kappa shape index (κ3) is 4.05. The molecule has 0 amide bonds. The van der Waals surface area contributed by atoms with Gasteiger partial charge in [-0.1, -0.05) is 12.1 Å². The van der Waals surface area contributed by atoms with Crippen LogP contribution in [0.25, 0.3) is 0 Å². The first-order valence-corrected chi connectivity index (χ1v) is 9.33. The molecule has 0 N–H and O–H groups in total. The number of hydrogen-bond acceptors (Lipinski definition) is 1. The van der Waals surface area contributed by atoms with E-state index in [1.54, 1.807) is 6.07 Å². The highest BCUT2D eigenvalue weighted by molar-refractivity contribution is 5.34. The summed E-state index contributed by atoms with van der Waals surface area (Å²) in [7, 11) is 0. The maximum Gasteiger partial charge on any atom is 0.416 e. The van der Waals surface area contributed by atoms with Crippen molar-refractivity contribution in [1.29, 1.82) is 0 Å². The van der Waals surface area contributed by atoms with Crippen LogP contribution in [0.5, 0.6) is 0 Å². The van der Waals surface area contributed by atoms with Crippen LogP contribution in [0.15, 0.2) is 60.8 Å². The van der Waals surface area contributed by atoms with Crippen LogP contribution in [0.1, 0.15) is 34.8 Å². The molecule has 152 valence electrons. The molecule has 1 aromatic heterocycles. The van der Waals surface area contributed by atoms with Crippen molar-refractivity contribution >= 4 is 0 Å². The lowest BCUT2D eigenvalue weighted by atomic mass is 9.98. The van der Waals surface area contributed by atoms with Gasteiger partial charge in [-0.3, -0.25) is 4.90 Å². The Balaban J connectivity index is 1.79. The molecule has 1 aliphatic rings. The Morgan fingerprint density at radius 3 is 2.55 bits per heavy atom. The fourth-order valence-corrected chi connectivity index (χ4v) is 3.96. The van der Waals surface area contributed by atoms with Gasteiger partial charge in [0.1, 0.15) is 11.6 Å². The van der Waals surface area contributed by atoms with E-state index in [4.69, 9.17) is 0 Å². The van der Waals surface area contributed by atoms with E-state index >= 15 is 0 Å². The van der Waals surface area contributed by atoms with Crippen molar-refractivity contribution < 1.29 is 22.0 Å². The Morgan fingerprint density at radius 2 is 1.76 bits per heavy atom. The van der Waals surface area contributed by atoms with Gasteiger partial charge in [0, 0.05) is 37.1 Å². The number of aryl methyl sites for hydroxylation is 1. The molecule has 0 bridgehead atoms. The molecule has 2 heterocycles. The second-order valence-corrected chi connectivity index (χ2v) is 7.21. The molecule has 2 nitrogen and oxygen atoms in total. The lowest BCUT2D eigenvalue weighted by molar-refractivity contribution is -0.137. The summed E-state index contributed by atoms with van der Waals surface area (Å²) in [6, 6.07) is 11.7. The molecule has 1 aliphatic heterocycles. The van der Waals surface area contributed by atoms with Crippen molar-refractivity contribution in [3.63, 3.8) is 0 Å². The van der Waals surface area contributed by atoms with E-state index in [1.807, 2.05) is 27.8 Å². The monoisotopic (exact) mass is 406 g/mol. The highest BCUT2D eigenvalue weighted by atomic mass is 19.4. The van der Waals surface area contributed by atoms with Gasteiger partial charge < -0.3 is 4.57 Å². The van der Waals surface area contributed by atoms with E-state index in [9.17, 15) is 22.0 Å². The van der Waals surface area contributed by atoms with E-state index in [2.05, 4.69) is 0 Å². The van der Waals surface area contributed by atoms with Crippen molar-refractivity contribution in [3.05, 3.63) is 94.8 Å². The minimum atomic E-state index is -4.46. The average Bonchev–Trinajstić information content (AvgIpc) is 3.05. The molecule has 2 aromatic carbocycles. The van der Waals surface area contributed by atoms with Crippen molar-refractivity contribution in [3.8, 4) is 0 Å². The molecule has 29 heavy (non-hydrogen) atoms. The van der Waals surface area contributed by atoms with Crippen LogP contribution in [0, 0.1) is 11.6 Å². The fraction of sp³-hybridized carbons (Fsp3) is 0.273. The van der Waals surface area contributed by atoms with Crippen molar-refractivity contribution in [2.75, 3.05) is 6.54 Å². The van der Waals surface area contributed by atoms with Crippen molar-refractivity contribution in [1.82, 2.24) is 9.47 Å². The first-order chi connectivity index (χ1) is 13.8. The number of aromatic nitrogens is 1. The summed E-state index contributed by atoms with van der Waals surface area (Å²) < 4.78 is 69.8. The molecular weight excluding hydrogens is 387 g/mol. The van der Waals surface area contributed by atoms with Gasteiger partial charge >= 0.3 is 6.18 Å². The van der Waals surface area contributed by atoms with Gasteiger partial charge in [0.15, 0.2) is 0 Å². The standard InChI is InChI=1S/C22H19F5N2/c23-18-7-8-19(24)16(13-18)14-29-11-3-10-28-9-2-6-20(28)21(29)15-4-1-5-17(12-15)22(25,26)27/h1-2,4-9,12-13,21H,3,10-11,14H2. The quantitative estimate of drug-likeness (QED) is 0.501. The minimum Gasteiger partial charge on any atom is -0.350 e. The zero-order valence-electron chi connectivity index (χ0n) is 15.5. The van der Waals surface area contributed by atoms with Gasteiger partial charge in [-0.25, -0.2) is 8.78 Å². The Kier molecular flexibility index (Phi) is 5.17. The van der Waals surface area contributed by atoms with Gasteiger partial charge in [0.2, 0.25) is 0 Å². The second kappa shape index (κ2) is 7.63. The number of nitrogens with zero attached hydrogens (tertiary/aromatic N) is 2. The third-order valence-electron chi connectivity index (χ3n) is 5.27. The highest BCUT2D eigenvalue weighted by Crippen LogP contribution is 2.36. The molecule has 0 radical (unpaired) electrons. The van der Waals surface area contributed by atoms with Gasteiger partial charge in [-0.2, -0.15) is 13.2 Å². The lowest BCUT2D eigenvalue weighted by Crippen LogP contribution is -2.30. The summed E-state index contributed by atoms with van der Waals surface area (Å²) in [4.78, 5) is 1.91. The number of halogens is 5. The Labute approximate surface area is 165 Å². The largest absolute Gasteiger partial charge is 0.416 e. The topological polar surface area (TPSA) is 8.17 Å². The SMILES string of the molecule is Fc1ccc(F)c(CN2CCCn3cccc3C2c2cccc(C(F)(F)F)c2)c1. The average molecular weight is 406 g/mol. The summed E-state index contributed by atoms with van der Waals surface area (Å²) in [5.74, 6) is -1.08. The molecule has 4 rings (SSSR count).